The minimum atomic E-state index is -0.0611. The SMILES string of the molecule is Cc1ccc2c(c1)c(=O)n(C)c1nnc(CSc3ccc4ccccc4n3)n21. The normalized spacial score (nSPS) is 11.6. The van der Waals surface area contributed by atoms with Gasteiger partial charge < -0.3 is 0 Å². The summed E-state index contributed by atoms with van der Waals surface area (Å²) in [6.07, 6.45) is 0. The minimum Gasteiger partial charge on any atom is -0.279 e. The zero-order valence-corrected chi connectivity index (χ0v) is 16.3. The number of para-hydroxylation sites is 1. The van der Waals surface area contributed by atoms with Crippen molar-refractivity contribution >= 4 is 39.3 Å². The molecule has 0 atom stereocenters. The fourth-order valence-corrected chi connectivity index (χ4v) is 4.21. The molecule has 0 aliphatic heterocycles. The van der Waals surface area contributed by atoms with Crippen molar-refractivity contribution in [1.82, 2.24) is 24.1 Å². The van der Waals surface area contributed by atoms with Crippen LogP contribution in [0.1, 0.15) is 11.4 Å². The van der Waals surface area contributed by atoms with E-state index in [1.165, 1.54) is 0 Å². The van der Waals surface area contributed by atoms with Crippen LogP contribution in [0.25, 0.3) is 27.6 Å². The summed E-state index contributed by atoms with van der Waals surface area (Å²) in [6, 6.07) is 18.0. The zero-order chi connectivity index (χ0) is 19.3. The predicted molar refractivity (Wildman–Crippen MR) is 112 cm³/mol. The maximum atomic E-state index is 12.7. The Kier molecular flexibility index (Phi) is 3.91. The molecule has 5 rings (SSSR count). The molecule has 3 aromatic heterocycles. The first-order valence-electron chi connectivity index (χ1n) is 8.94. The number of rotatable bonds is 3. The van der Waals surface area contributed by atoms with E-state index in [2.05, 4.69) is 22.3 Å². The lowest BCUT2D eigenvalue weighted by Gasteiger charge is -2.08. The summed E-state index contributed by atoms with van der Waals surface area (Å²) in [5, 5.41) is 11.3. The number of nitrogens with zero attached hydrogens (tertiary/aromatic N) is 5. The second-order valence-electron chi connectivity index (χ2n) is 6.77. The molecule has 0 fully saturated rings. The van der Waals surface area contributed by atoms with Gasteiger partial charge in [0.2, 0.25) is 5.78 Å². The average molecular weight is 387 g/mol. The minimum absolute atomic E-state index is 0.0611. The van der Waals surface area contributed by atoms with Gasteiger partial charge >= 0.3 is 0 Å². The molecule has 0 aliphatic carbocycles. The summed E-state index contributed by atoms with van der Waals surface area (Å²) in [7, 11) is 1.73. The number of hydrogen-bond donors (Lipinski definition) is 0. The number of thioether (sulfide) groups is 1. The van der Waals surface area contributed by atoms with E-state index in [0.717, 1.165) is 32.8 Å². The summed E-state index contributed by atoms with van der Waals surface area (Å²) in [5.41, 5.74) is 2.79. The predicted octanol–water partition coefficient (Wildman–Crippen LogP) is 3.73. The molecule has 7 heteroatoms. The first kappa shape index (κ1) is 16.9. The van der Waals surface area contributed by atoms with Gasteiger partial charge in [0.1, 0.15) is 5.82 Å². The standard InChI is InChI=1S/C21H17N5OS/c1-13-7-9-17-15(11-13)20(27)25(2)21-24-23-18(26(17)21)12-28-19-10-8-14-5-3-4-6-16(14)22-19/h3-11H,12H2,1-2H3. The quantitative estimate of drug-likeness (QED) is 0.441. The Balaban J connectivity index is 1.59. The lowest BCUT2D eigenvalue weighted by atomic mass is 10.1. The summed E-state index contributed by atoms with van der Waals surface area (Å²) >= 11 is 1.61. The van der Waals surface area contributed by atoms with Gasteiger partial charge in [0.25, 0.3) is 5.56 Å². The van der Waals surface area contributed by atoms with E-state index in [1.807, 2.05) is 53.8 Å². The molecule has 0 unspecified atom stereocenters. The summed E-state index contributed by atoms with van der Waals surface area (Å²) in [5.74, 6) is 1.94. The van der Waals surface area contributed by atoms with Crippen LogP contribution in [-0.4, -0.2) is 24.1 Å². The molecule has 138 valence electrons. The smallest absolute Gasteiger partial charge is 0.262 e. The van der Waals surface area contributed by atoms with E-state index >= 15 is 0 Å². The van der Waals surface area contributed by atoms with E-state index in [0.29, 0.717) is 16.9 Å². The topological polar surface area (TPSA) is 65.1 Å². The number of hydrogen-bond acceptors (Lipinski definition) is 5. The highest BCUT2D eigenvalue weighted by molar-refractivity contribution is 7.98. The van der Waals surface area contributed by atoms with Gasteiger partial charge in [-0.1, -0.05) is 47.7 Å². The molecule has 0 saturated heterocycles. The number of pyridine rings is 1. The number of aryl methyl sites for hydroxylation is 2. The molecular formula is C21H17N5OS. The molecule has 0 saturated carbocycles. The van der Waals surface area contributed by atoms with Crippen molar-refractivity contribution < 1.29 is 0 Å². The van der Waals surface area contributed by atoms with Crippen LogP contribution in [0.15, 0.2) is 64.4 Å². The van der Waals surface area contributed by atoms with Crippen LogP contribution < -0.4 is 5.56 Å². The summed E-state index contributed by atoms with van der Waals surface area (Å²) < 4.78 is 3.52. The molecule has 5 aromatic rings. The Morgan fingerprint density at radius 3 is 2.79 bits per heavy atom. The third-order valence-electron chi connectivity index (χ3n) is 4.86. The van der Waals surface area contributed by atoms with Gasteiger partial charge in [-0.2, -0.15) is 0 Å². The van der Waals surface area contributed by atoms with E-state index in [1.54, 1.807) is 23.4 Å². The molecular weight excluding hydrogens is 370 g/mol. The van der Waals surface area contributed by atoms with Gasteiger partial charge in [-0.3, -0.25) is 13.8 Å². The molecule has 3 heterocycles. The molecule has 0 radical (unpaired) electrons. The van der Waals surface area contributed by atoms with Gasteiger partial charge in [-0.15, -0.1) is 10.2 Å². The highest BCUT2D eigenvalue weighted by atomic mass is 32.2. The molecule has 0 bridgehead atoms. The van der Waals surface area contributed by atoms with Gasteiger partial charge in [0.15, 0.2) is 0 Å². The van der Waals surface area contributed by atoms with Crippen molar-refractivity contribution in [3.8, 4) is 0 Å². The van der Waals surface area contributed by atoms with Crippen LogP contribution in [0.2, 0.25) is 0 Å². The van der Waals surface area contributed by atoms with Crippen molar-refractivity contribution in [1.29, 1.82) is 0 Å². The summed E-state index contributed by atoms with van der Waals surface area (Å²) in [6.45, 7) is 1.98. The second-order valence-corrected chi connectivity index (χ2v) is 7.76. The maximum Gasteiger partial charge on any atom is 0.262 e. The lowest BCUT2D eigenvalue weighted by Crippen LogP contribution is -2.20. The van der Waals surface area contributed by atoms with Crippen LogP contribution in [-0.2, 0) is 12.8 Å². The number of fused-ring (bicyclic) bond motifs is 4. The van der Waals surface area contributed by atoms with Crippen LogP contribution in [0.3, 0.4) is 0 Å². The molecule has 0 amide bonds. The molecule has 2 aromatic carbocycles. The average Bonchev–Trinajstić information content (AvgIpc) is 3.14. The van der Waals surface area contributed by atoms with Crippen molar-refractivity contribution in [2.24, 2.45) is 7.05 Å². The van der Waals surface area contributed by atoms with Gasteiger partial charge in [-0.25, -0.2) is 4.98 Å². The van der Waals surface area contributed by atoms with Gasteiger partial charge in [0.05, 0.1) is 27.2 Å². The Hall–Kier alpha value is -3.19. The van der Waals surface area contributed by atoms with Crippen molar-refractivity contribution in [2.45, 2.75) is 17.7 Å². The highest BCUT2D eigenvalue weighted by Crippen LogP contribution is 2.24. The molecule has 0 aliphatic rings. The molecule has 6 nitrogen and oxygen atoms in total. The highest BCUT2D eigenvalue weighted by Gasteiger charge is 2.15. The Morgan fingerprint density at radius 1 is 1.04 bits per heavy atom. The van der Waals surface area contributed by atoms with Crippen molar-refractivity contribution in [3.05, 3.63) is 76.3 Å². The van der Waals surface area contributed by atoms with Crippen molar-refractivity contribution in [2.75, 3.05) is 0 Å². The third-order valence-corrected chi connectivity index (χ3v) is 5.79. The molecule has 0 spiro atoms. The monoisotopic (exact) mass is 387 g/mol. The Labute approximate surface area is 164 Å². The third kappa shape index (κ3) is 2.66. The van der Waals surface area contributed by atoms with E-state index < -0.39 is 0 Å². The fraction of sp³-hybridized carbons (Fsp3) is 0.143. The summed E-state index contributed by atoms with van der Waals surface area (Å²) in [4.78, 5) is 17.4. The van der Waals surface area contributed by atoms with Crippen molar-refractivity contribution in [3.63, 3.8) is 0 Å². The maximum absolute atomic E-state index is 12.7. The molecule has 28 heavy (non-hydrogen) atoms. The number of benzene rings is 2. The Morgan fingerprint density at radius 2 is 1.89 bits per heavy atom. The first-order chi connectivity index (χ1) is 13.6. The lowest BCUT2D eigenvalue weighted by molar-refractivity contribution is 0.857. The van der Waals surface area contributed by atoms with Gasteiger partial charge in [-0.05, 0) is 31.2 Å². The van der Waals surface area contributed by atoms with Crippen LogP contribution >= 0.6 is 11.8 Å². The van der Waals surface area contributed by atoms with E-state index in [9.17, 15) is 4.79 Å². The fourth-order valence-electron chi connectivity index (χ4n) is 3.42. The van der Waals surface area contributed by atoms with E-state index in [4.69, 9.17) is 4.98 Å². The molecule has 0 N–H and O–H groups in total. The van der Waals surface area contributed by atoms with Crippen LogP contribution in [0.5, 0.6) is 0 Å². The largest absolute Gasteiger partial charge is 0.279 e. The van der Waals surface area contributed by atoms with Gasteiger partial charge in [0, 0.05) is 12.4 Å². The van der Waals surface area contributed by atoms with E-state index in [-0.39, 0.29) is 5.56 Å². The zero-order valence-electron chi connectivity index (χ0n) is 15.5. The second kappa shape index (κ2) is 6.45. The van der Waals surface area contributed by atoms with Crippen LogP contribution in [0.4, 0.5) is 0 Å². The Bertz CT molecular complexity index is 1420. The number of aromatic nitrogens is 5. The van der Waals surface area contributed by atoms with Crippen LogP contribution in [0, 0.1) is 6.92 Å². The first-order valence-corrected chi connectivity index (χ1v) is 9.92.